The van der Waals surface area contributed by atoms with Crippen molar-refractivity contribution in [2.24, 2.45) is 0 Å². The summed E-state index contributed by atoms with van der Waals surface area (Å²) < 4.78 is 2.17. The third-order valence-corrected chi connectivity index (χ3v) is 3.28. The highest BCUT2D eigenvalue weighted by Crippen LogP contribution is 2.25. The highest BCUT2D eigenvalue weighted by Gasteiger charge is 2.15. The molecule has 0 aliphatic heterocycles. The van der Waals surface area contributed by atoms with Crippen molar-refractivity contribution in [3.05, 3.63) is 38.6 Å². The van der Waals surface area contributed by atoms with E-state index < -0.39 is 4.92 Å². The maximum absolute atomic E-state index is 10.8. The van der Waals surface area contributed by atoms with Crippen molar-refractivity contribution >= 4 is 21.6 Å². The Kier molecular flexibility index (Phi) is 4.74. The summed E-state index contributed by atoms with van der Waals surface area (Å²) in [5.41, 5.74) is 0.531. The number of hydrogen-bond donors (Lipinski definition) is 1. The second-order valence-corrected chi connectivity index (χ2v) is 4.93. The van der Waals surface area contributed by atoms with E-state index in [4.69, 9.17) is 0 Å². The smallest absolute Gasteiger partial charge is 0.271 e. The Morgan fingerprint density at radius 2 is 2.30 bits per heavy atom. The highest BCUT2D eigenvalue weighted by molar-refractivity contribution is 9.10. The van der Waals surface area contributed by atoms with Crippen molar-refractivity contribution in [1.82, 2.24) is 25.5 Å². The van der Waals surface area contributed by atoms with Crippen LogP contribution in [0.25, 0.3) is 5.69 Å². The van der Waals surface area contributed by atoms with Gasteiger partial charge >= 0.3 is 0 Å². The largest absolute Gasteiger partial charge is 0.310 e. The zero-order chi connectivity index (χ0) is 14.5. The van der Waals surface area contributed by atoms with Gasteiger partial charge in [0.25, 0.3) is 5.69 Å². The Hall–Kier alpha value is -1.87. The zero-order valence-electron chi connectivity index (χ0n) is 10.8. The molecule has 9 heteroatoms. The minimum atomic E-state index is -0.449. The molecule has 20 heavy (non-hydrogen) atoms. The van der Waals surface area contributed by atoms with Crippen molar-refractivity contribution in [2.75, 3.05) is 6.54 Å². The van der Waals surface area contributed by atoms with Crippen LogP contribution in [0.15, 0.2) is 22.7 Å². The maximum Gasteiger partial charge on any atom is 0.271 e. The fraction of sp³-hybridized carbons (Fsp3) is 0.364. The van der Waals surface area contributed by atoms with Crippen LogP contribution >= 0.6 is 15.9 Å². The first-order chi connectivity index (χ1) is 9.63. The van der Waals surface area contributed by atoms with Crippen molar-refractivity contribution in [2.45, 2.75) is 19.9 Å². The molecule has 0 saturated carbocycles. The van der Waals surface area contributed by atoms with Gasteiger partial charge in [0, 0.05) is 16.6 Å². The van der Waals surface area contributed by atoms with Crippen LogP contribution in [-0.2, 0) is 6.54 Å². The van der Waals surface area contributed by atoms with Crippen molar-refractivity contribution in [1.29, 1.82) is 0 Å². The molecule has 1 aromatic heterocycles. The summed E-state index contributed by atoms with van der Waals surface area (Å²) in [6, 6.07) is 4.47. The lowest BCUT2D eigenvalue weighted by molar-refractivity contribution is -0.384. The van der Waals surface area contributed by atoms with Gasteiger partial charge in [0.05, 0.1) is 17.2 Å². The van der Waals surface area contributed by atoms with Crippen LogP contribution in [0.2, 0.25) is 0 Å². The molecular weight excluding hydrogens is 328 g/mol. The molecule has 8 nitrogen and oxygen atoms in total. The molecule has 0 fully saturated rings. The number of nitrogens with one attached hydrogen (secondary N) is 1. The Morgan fingerprint density at radius 1 is 1.50 bits per heavy atom. The topological polar surface area (TPSA) is 98.8 Å². The molecule has 1 aromatic carbocycles. The van der Waals surface area contributed by atoms with Crippen LogP contribution in [0.1, 0.15) is 19.2 Å². The predicted molar refractivity (Wildman–Crippen MR) is 75.5 cm³/mol. The van der Waals surface area contributed by atoms with E-state index in [1.165, 1.54) is 16.8 Å². The van der Waals surface area contributed by atoms with Gasteiger partial charge < -0.3 is 5.32 Å². The molecule has 0 aliphatic carbocycles. The number of benzene rings is 1. The summed E-state index contributed by atoms with van der Waals surface area (Å²) >= 11 is 3.36. The lowest BCUT2D eigenvalue weighted by Crippen LogP contribution is -2.17. The summed E-state index contributed by atoms with van der Waals surface area (Å²) in [6.07, 6.45) is 1.00. The van der Waals surface area contributed by atoms with Crippen LogP contribution in [-0.4, -0.2) is 31.7 Å². The van der Waals surface area contributed by atoms with E-state index in [9.17, 15) is 10.1 Å². The molecule has 0 saturated heterocycles. The average molecular weight is 341 g/mol. The third kappa shape index (κ3) is 3.17. The molecule has 0 spiro atoms. The zero-order valence-corrected chi connectivity index (χ0v) is 12.4. The van der Waals surface area contributed by atoms with Gasteiger partial charge in [-0.3, -0.25) is 10.1 Å². The molecule has 2 aromatic rings. The molecule has 0 atom stereocenters. The van der Waals surface area contributed by atoms with E-state index in [1.54, 1.807) is 6.07 Å². The number of nitrogens with zero attached hydrogens (tertiary/aromatic N) is 5. The second-order valence-electron chi connectivity index (χ2n) is 4.08. The van der Waals surface area contributed by atoms with Crippen LogP contribution in [0.3, 0.4) is 0 Å². The van der Waals surface area contributed by atoms with Crippen molar-refractivity contribution in [3.63, 3.8) is 0 Å². The fourth-order valence-electron chi connectivity index (χ4n) is 1.66. The van der Waals surface area contributed by atoms with Crippen LogP contribution in [0, 0.1) is 10.1 Å². The van der Waals surface area contributed by atoms with Gasteiger partial charge in [0.2, 0.25) is 0 Å². The van der Waals surface area contributed by atoms with Crippen molar-refractivity contribution in [3.8, 4) is 5.69 Å². The molecule has 1 N–H and O–H groups in total. The third-order valence-electron chi connectivity index (χ3n) is 2.61. The van der Waals surface area contributed by atoms with E-state index in [0.717, 1.165) is 13.0 Å². The molecule has 0 amide bonds. The maximum atomic E-state index is 10.8. The molecule has 0 radical (unpaired) electrons. The molecule has 106 valence electrons. The highest BCUT2D eigenvalue weighted by atomic mass is 79.9. The first-order valence-electron chi connectivity index (χ1n) is 6.05. The molecular formula is C11H13BrN6O2. The minimum Gasteiger partial charge on any atom is -0.310 e. The predicted octanol–water partition coefficient (Wildman–Crippen LogP) is 1.83. The Morgan fingerprint density at radius 3 is 3.00 bits per heavy atom. The lowest BCUT2D eigenvalue weighted by Gasteiger charge is -2.07. The lowest BCUT2D eigenvalue weighted by atomic mass is 10.3. The number of halogens is 1. The van der Waals surface area contributed by atoms with Gasteiger partial charge in [-0.05, 0) is 45.4 Å². The normalized spacial score (nSPS) is 10.7. The Balaban J connectivity index is 2.34. The standard InChI is InChI=1S/C11H13BrN6O2/c1-2-5-13-7-11-14-15-16-17(11)10-6-8(18(19)20)3-4-9(10)12/h3-4,6,13H,2,5,7H2,1H3. The van der Waals surface area contributed by atoms with Crippen LogP contribution < -0.4 is 5.32 Å². The number of rotatable bonds is 6. The van der Waals surface area contributed by atoms with Crippen LogP contribution in [0.5, 0.6) is 0 Å². The number of nitro groups is 1. The van der Waals surface area contributed by atoms with Gasteiger partial charge in [-0.25, -0.2) is 0 Å². The summed E-state index contributed by atoms with van der Waals surface area (Å²) in [6.45, 7) is 3.41. The second kappa shape index (κ2) is 6.53. The van der Waals surface area contributed by atoms with Gasteiger partial charge in [0.15, 0.2) is 5.82 Å². The Labute approximate surface area is 123 Å². The minimum absolute atomic E-state index is 0.00818. The molecule has 2 rings (SSSR count). The number of aromatic nitrogens is 4. The van der Waals surface area contributed by atoms with E-state index >= 15 is 0 Å². The number of hydrogen-bond acceptors (Lipinski definition) is 6. The van der Waals surface area contributed by atoms with E-state index in [0.29, 0.717) is 22.5 Å². The SMILES string of the molecule is CCCNCc1nnnn1-c1cc([N+](=O)[O-])ccc1Br. The summed E-state index contributed by atoms with van der Waals surface area (Å²) in [7, 11) is 0. The quantitative estimate of drug-likeness (QED) is 0.489. The van der Waals surface area contributed by atoms with E-state index in [1.807, 2.05) is 0 Å². The summed E-state index contributed by atoms with van der Waals surface area (Å²) in [5, 5.41) is 25.5. The monoisotopic (exact) mass is 340 g/mol. The van der Waals surface area contributed by atoms with Gasteiger partial charge in [-0.1, -0.05) is 6.92 Å². The van der Waals surface area contributed by atoms with Gasteiger partial charge in [-0.2, -0.15) is 4.68 Å². The summed E-state index contributed by atoms with van der Waals surface area (Å²) in [5.74, 6) is 0.597. The summed E-state index contributed by atoms with van der Waals surface area (Å²) in [4.78, 5) is 10.4. The number of nitro benzene ring substituents is 1. The first kappa shape index (κ1) is 14.5. The van der Waals surface area contributed by atoms with Gasteiger partial charge in [-0.15, -0.1) is 5.10 Å². The average Bonchev–Trinajstić information content (AvgIpc) is 2.87. The molecule has 0 bridgehead atoms. The van der Waals surface area contributed by atoms with Crippen LogP contribution in [0.4, 0.5) is 5.69 Å². The van der Waals surface area contributed by atoms with E-state index in [2.05, 4.69) is 43.7 Å². The van der Waals surface area contributed by atoms with E-state index in [-0.39, 0.29) is 5.69 Å². The fourth-order valence-corrected chi connectivity index (χ4v) is 2.07. The van der Waals surface area contributed by atoms with Gasteiger partial charge in [0.1, 0.15) is 0 Å². The number of non-ortho nitro benzene ring substituents is 1. The first-order valence-corrected chi connectivity index (χ1v) is 6.85. The number of tetrazole rings is 1. The molecule has 0 unspecified atom stereocenters. The molecule has 1 heterocycles. The van der Waals surface area contributed by atoms with Crippen molar-refractivity contribution < 1.29 is 4.92 Å². The molecule has 0 aliphatic rings. The Bertz CT molecular complexity index is 615.